The lowest BCUT2D eigenvalue weighted by molar-refractivity contribution is -0.124. The van der Waals surface area contributed by atoms with Crippen LogP contribution in [0.15, 0.2) is 0 Å². The van der Waals surface area contributed by atoms with Crippen LogP contribution in [-0.4, -0.2) is 43.0 Å². The lowest BCUT2D eigenvalue weighted by atomic mass is 10.0. The van der Waals surface area contributed by atoms with Crippen molar-refractivity contribution in [3.63, 3.8) is 0 Å². The molecule has 0 aromatic heterocycles. The first-order valence-corrected chi connectivity index (χ1v) is 6.05. The minimum atomic E-state index is -0.625. The summed E-state index contributed by atoms with van der Waals surface area (Å²) in [4.78, 5) is 13.6. The Labute approximate surface area is 99.6 Å². The molecule has 4 heteroatoms. The quantitative estimate of drug-likeness (QED) is 0.648. The molecule has 1 atom stereocenters. The number of primary amides is 1. The summed E-state index contributed by atoms with van der Waals surface area (Å²) in [7, 11) is 2.03. The second-order valence-electron chi connectivity index (χ2n) is 5.15. The predicted octanol–water partition coefficient (Wildman–Crippen LogP) is 0.818. The van der Waals surface area contributed by atoms with E-state index in [9.17, 15) is 4.79 Å². The zero-order chi connectivity index (χ0) is 12.8. The number of rotatable bonds is 8. The zero-order valence-electron chi connectivity index (χ0n) is 11.3. The Bertz CT molecular complexity index is 218. The van der Waals surface area contributed by atoms with Gasteiger partial charge in [0.2, 0.25) is 5.91 Å². The molecule has 0 aromatic carbocycles. The van der Waals surface area contributed by atoms with Gasteiger partial charge >= 0.3 is 0 Å². The Hall–Kier alpha value is -0.610. The van der Waals surface area contributed by atoms with E-state index in [-0.39, 0.29) is 5.91 Å². The van der Waals surface area contributed by atoms with Crippen LogP contribution in [0.5, 0.6) is 0 Å². The van der Waals surface area contributed by atoms with Crippen LogP contribution < -0.4 is 11.1 Å². The average Bonchev–Trinajstić information content (AvgIpc) is 2.14. The maximum Gasteiger partial charge on any atom is 0.238 e. The van der Waals surface area contributed by atoms with E-state index in [0.717, 1.165) is 19.5 Å². The minimum absolute atomic E-state index is 0.286. The van der Waals surface area contributed by atoms with Crippen LogP contribution in [0.25, 0.3) is 0 Å². The number of hydrogen-bond donors (Lipinski definition) is 2. The molecule has 1 amide bonds. The van der Waals surface area contributed by atoms with Gasteiger partial charge in [-0.1, -0.05) is 20.8 Å². The van der Waals surface area contributed by atoms with Crippen LogP contribution in [0.2, 0.25) is 0 Å². The maximum absolute atomic E-state index is 11.4. The molecule has 0 aromatic rings. The van der Waals surface area contributed by atoms with E-state index >= 15 is 0 Å². The largest absolute Gasteiger partial charge is 0.368 e. The molecule has 0 aliphatic heterocycles. The third kappa shape index (κ3) is 5.47. The van der Waals surface area contributed by atoms with Gasteiger partial charge in [-0.15, -0.1) is 0 Å². The molecule has 0 aliphatic carbocycles. The van der Waals surface area contributed by atoms with E-state index in [2.05, 4.69) is 24.1 Å². The van der Waals surface area contributed by atoms with Crippen molar-refractivity contribution in [2.75, 3.05) is 26.7 Å². The van der Waals surface area contributed by atoms with Gasteiger partial charge in [0, 0.05) is 6.54 Å². The molecule has 96 valence electrons. The van der Waals surface area contributed by atoms with Crippen molar-refractivity contribution in [2.45, 2.75) is 39.7 Å². The van der Waals surface area contributed by atoms with Crippen LogP contribution in [0.3, 0.4) is 0 Å². The fourth-order valence-electron chi connectivity index (χ4n) is 1.71. The van der Waals surface area contributed by atoms with Crippen molar-refractivity contribution in [3.8, 4) is 0 Å². The number of carbonyl (C=O) groups excluding carboxylic acids is 1. The maximum atomic E-state index is 11.4. The SMILES string of the molecule is CCNC(C)(CN(C)CCC(C)C)C(N)=O. The summed E-state index contributed by atoms with van der Waals surface area (Å²) < 4.78 is 0. The van der Waals surface area contributed by atoms with E-state index in [1.165, 1.54) is 0 Å². The summed E-state index contributed by atoms with van der Waals surface area (Å²) >= 11 is 0. The van der Waals surface area contributed by atoms with Gasteiger partial charge in [0.25, 0.3) is 0 Å². The van der Waals surface area contributed by atoms with Gasteiger partial charge in [-0.2, -0.15) is 0 Å². The zero-order valence-corrected chi connectivity index (χ0v) is 11.3. The normalized spacial score (nSPS) is 15.4. The fourth-order valence-corrected chi connectivity index (χ4v) is 1.71. The van der Waals surface area contributed by atoms with Crippen LogP contribution in [0.4, 0.5) is 0 Å². The van der Waals surface area contributed by atoms with Crippen molar-refractivity contribution in [3.05, 3.63) is 0 Å². The standard InChI is InChI=1S/C12H27N3O/c1-6-14-12(4,11(13)16)9-15(5)8-7-10(2)3/h10,14H,6-9H2,1-5H3,(H2,13,16). The Morgan fingerprint density at radius 2 is 2.06 bits per heavy atom. The van der Waals surface area contributed by atoms with Gasteiger partial charge in [0.05, 0.1) is 0 Å². The molecule has 0 saturated carbocycles. The molecule has 0 radical (unpaired) electrons. The third-order valence-electron chi connectivity index (χ3n) is 2.79. The number of hydrogen-bond acceptors (Lipinski definition) is 3. The molecule has 0 saturated heterocycles. The molecular weight excluding hydrogens is 202 g/mol. The number of nitrogens with zero attached hydrogens (tertiary/aromatic N) is 1. The first-order valence-electron chi connectivity index (χ1n) is 6.05. The molecule has 1 unspecified atom stereocenters. The highest BCUT2D eigenvalue weighted by Crippen LogP contribution is 2.07. The molecule has 4 nitrogen and oxygen atoms in total. The van der Waals surface area contributed by atoms with E-state index in [1.54, 1.807) is 0 Å². The molecule has 0 heterocycles. The van der Waals surface area contributed by atoms with Gasteiger partial charge in [0.1, 0.15) is 5.54 Å². The molecule has 16 heavy (non-hydrogen) atoms. The monoisotopic (exact) mass is 229 g/mol. The Balaban J connectivity index is 4.23. The van der Waals surface area contributed by atoms with Crippen LogP contribution in [0.1, 0.15) is 34.1 Å². The fraction of sp³-hybridized carbons (Fsp3) is 0.917. The highest BCUT2D eigenvalue weighted by atomic mass is 16.1. The topological polar surface area (TPSA) is 58.4 Å². The second-order valence-corrected chi connectivity index (χ2v) is 5.15. The molecular formula is C12H27N3O. The van der Waals surface area contributed by atoms with E-state index in [1.807, 2.05) is 20.9 Å². The number of amides is 1. The van der Waals surface area contributed by atoms with Gasteiger partial charge in [-0.05, 0) is 39.4 Å². The van der Waals surface area contributed by atoms with Gasteiger partial charge in [0.15, 0.2) is 0 Å². The van der Waals surface area contributed by atoms with Gasteiger partial charge in [-0.3, -0.25) is 4.79 Å². The summed E-state index contributed by atoms with van der Waals surface area (Å²) in [6, 6.07) is 0. The number of nitrogens with one attached hydrogen (secondary N) is 1. The lowest BCUT2D eigenvalue weighted by Crippen LogP contribution is -2.59. The summed E-state index contributed by atoms with van der Waals surface area (Å²) in [6.45, 7) is 10.6. The van der Waals surface area contributed by atoms with Crippen molar-refractivity contribution >= 4 is 5.91 Å². The van der Waals surface area contributed by atoms with Crippen LogP contribution >= 0.6 is 0 Å². The first-order chi connectivity index (χ1) is 7.31. The highest BCUT2D eigenvalue weighted by molar-refractivity contribution is 5.84. The average molecular weight is 229 g/mol. The van der Waals surface area contributed by atoms with Crippen molar-refractivity contribution in [1.29, 1.82) is 0 Å². The second kappa shape index (κ2) is 6.86. The van der Waals surface area contributed by atoms with Crippen LogP contribution in [-0.2, 0) is 4.79 Å². The van der Waals surface area contributed by atoms with Crippen LogP contribution in [0, 0.1) is 5.92 Å². The number of carbonyl (C=O) groups is 1. The molecule has 0 aliphatic rings. The third-order valence-corrected chi connectivity index (χ3v) is 2.79. The van der Waals surface area contributed by atoms with Gasteiger partial charge < -0.3 is 16.0 Å². The first kappa shape index (κ1) is 15.4. The molecule has 3 N–H and O–H groups in total. The minimum Gasteiger partial charge on any atom is -0.368 e. The predicted molar refractivity (Wildman–Crippen MR) is 68.2 cm³/mol. The molecule has 0 fully saturated rings. The molecule has 0 spiro atoms. The molecule has 0 bridgehead atoms. The van der Waals surface area contributed by atoms with E-state index < -0.39 is 5.54 Å². The summed E-state index contributed by atoms with van der Waals surface area (Å²) in [5.74, 6) is 0.396. The summed E-state index contributed by atoms with van der Waals surface area (Å²) in [5.41, 5.74) is 4.81. The highest BCUT2D eigenvalue weighted by Gasteiger charge is 2.31. The Morgan fingerprint density at radius 3 is 2.44 bits per heavy atom. The lowest BCUT2D eigenvalue weighted by Gasteiger charge is -2.32. The van der Waals surface area contributed by atoms with E-state index in [0.29, 0.717) is 12.5 Å². The van der Waals surface area contributed by atoms with Crippen molar-refractivity contribution < 1.29 is 4.79 Å². The van der Waals surface area contributed by atoms with E-state index in [4.69, 9.17) is 5.73 Å². The Morgan fingerprint density at radius 1 is 1.50 bits per heavy atom. The molecule has 0 rings (SSSR count). The summed E-state index contributed by atoms with van der Waals surface area (Å²) in [5, 5.41) is 3.16. The van der Waals surface area contributed by atoms with Crippen molar-refractivity contribution in [2.24, 2.45) is 11.7 Å². The van der Waals surface area contributed by atoms with Crippen molar-refractivity contribution in [1.82, 2.24) is 10.2 Å². The number of likely N-dealkylation sites (N-methyl/N-ethyl adjacent to an activating group) is 2. The Kier molecular flexibility index (Phi) is 6.60. The smallest absolute Gasteiger partial charge is 0.238 e. The number of nitrogens with two attached hydrogens (primary N) is 1. The van der Waals surface area contributed by atoms with Gasteiger partial charge in [-0.25, -0.2) is 0 Å². The summed E-state index contributed by atoms with van der Waals surface area (Å²) in [6.07, 6.45) is 1.14.